The number of amides is 1. The van der Waals surface area contributed by atoms with Crippen molar-refractivity contribution in [3.8, 4) is 0 Å². The van der Waals surface area contributed by atoms with Gasteiger partial charge in [-0.05, 0) is 56.3 Å². The molecule has 0 atom stereocenters. The normalized spacial score (nSPS) is 16.2. The number of nitrogens with zero attached hydrogens (tertiary/aromatic N) is 1. The van der Waals surface area contributed by atoms with Gasteiger partial charge in [0.25, 0.3) is 0 Å². The predicted octanol–water partition coefficient (Wildman–Crippen LogP) is 2.78. The zero-order chi connectivity index (χ0) is 15.1. The third-order valence-corrected chi connectivity index (χ3v) is 4.52. The minimum atomic E-state index is 0.320. The highest BCUT2D eigenvalue weighted by Gasteiger charge is 2.22. The average Bonchev–Trinajstić information content (AvgIpc) is 2.52. The summed E-state index contributed by atoms with van der Waals surface area (Å²) in [6.07, 6.45) is 3.79. The molecule has 116 valence electrons. The van der Waals surface area contributed by atoms with Gasteiger partial charge in [0.1, 0.15) is 0 Å². The third kappa shape index (κ3) is 4.85. The van der Waals surface area contributed by atoms with Crippen molar-refractivity contribution >= 4 is 5.91 Å². The molecule has 1 fully saturated rings. The second-order valence-corrected chi connectivity index (χ2v) is 6.06. The van der Waals surface area contributed by atoms with E-state index in [1.807, 2.05) is 0 Å². The molecule has 1 amide bonds. The topological polar surface area (TPSA) is 32.3 Å². The van der Waals surface area contributed by atoms with E-state index >= 15 is 0 Å². The lowest BCUT2D eigenvalue weighted by Gasteiger charge is -2.32. The molecule has 0 aromatic heterocycles. The Morgan fingerprint density at radius 1 is 1.29 bits per heavy atom. The highest BCUT2D eigenvalue weighted by atomic mass is 16.2. The van der Waals surface area contributed by atoms with Crippen molar-refractivity contribution in [2.24, 2.45) is 5.92 Å². The molecule has 0 bridgehead atoms. The summed E-state index contributed by atoms with van der Waals surface area (Å²) in [5.41, 5.74) is 2.59. The van der Waals surface area contributed by atoms with Crippen LogP contribution in [0, 0.1) is 12.8 Å². The Bertz CT molecular complexity index is 450. The van der Waals surface area contributed by atoms with Gasteiger partial charge in [-0.25, -0.2) is 0 Å². The van der Waals surface area contributed by atoms with Crippen LogP contribution < -0.4 is 5.32 Å². The summed E-state index contributed by atoms with van der Waals surface area (Å²) < 4.78 is 0. The van der Waals surface area contributed by atoms with E-state index in [2.05, 4.69) is 48.3 Å². The zero-order valence-electron chi connectivity index (χ0n) is 13.4. The van der Waals surface area contributed by atoms with Gasteiger partial charge >= 0.3 is 0 Å². The van der Waals surface area contributed by atoms with Gasteiger partial charge in [-0.15, -0.1) is 0 Å². The van der Waals surface area contributed by atoms with E-state index in [0.29, 0.717) is 12.3 Å². The van der Waals surface area contributed by atoms with Gasteiger partial charge in [0.05, 0.1) is 0 Å². The van der Waals surface area contributed by atoms with E-state index < -0.39 is 0 Å². The lowest BCUT2D eigenvalue weighted by atomic mass is 9.96. The van der Waals surface area contributed by atoms with E-state index in [-0.39, 0.29) is 0 Å². The molecule has 1 aromatic rings. The second kappa shape index (κ2) is 8.18. The van der Waals surface area contributed by atoms with Crippen LogP contribution in [0.2, 0.25) is 0 Å². The van der Waals surface area contributed by atoms with Gasteiger partial charge in [0, 0.05) is 19.5 Å². The molecule has 1 aromatic carbocycles. The number of nitrogens with one attached hydrogen (secondary N) is 1. The Kier molecular flexibility index (Phi) is 6.24. The highest BCUT2D eigenvalue weighted by Crippen LogP contribution is 2.18. The van der Waals surface area contributed by atoms with Gasteiger partial charge in [-0.1, -0.05) is 31.2 Å². The van der Waals surface area contributed by atoms with Gasteiger partial charge in [0.2, 0.25) is 5.91 Å². The molecule has 3 heteroatoms. The Balaban J connectivity index is 1.74. The van der Waals surface area contributed by atoms with Crippen molar-refractivity contribution in [1.82, 2.24) is 10.2 Å². The van der Waals surface area contributed by atoms with E-state index in [9.17, 15) is 4.79 Å². The van der Waals surface area contributed by atoms with Crippen LogP contribution in [0.15, 0.2) is 24.3 Å². The van der Waals surface area contributed by atoms with Crippen molar-refractivity contribution in [3.63, 3.8) is 0 Å². The lowest BCUT2D eigenvalue weighted by Crippen LogP contribution is -2.40. The van der Waals surface area contributed by atoms with Crippen molar-refractivity contribution in [3.05, 3.63) is 35.4 Å². The minimum Gasteiger partial charge on any atom is -0.343 e. The molecular formula is C18H28N2O. The first-order valence-corrected chi connectivity index (χ1v) is 8.23. The first kappa shape index (κ1) is 16.0. The lowest BCUT2D eigenvalue weighted by molar-refractivity contribution is -0.132. The van der Waals surface area contributed by atoms with E-state index in [1.165, 1.54) is 11.1 Å². The molecule has 1 aliphatic rings. The fourth-order valence-corrected chi connectivity index (χ4v) is 3.03. The van der Waals surface area contributed by atoms with Gasteiger partial charge < -0.3 is 10.2 Å². The van der Waals surface area contributed by atoms with Gasteiger partial charge in [0.15, 0.2) is 0 Å². The van der Waals surface area contributed by atoms with Crippen molar-refractivity contribution in [1.29, 1.82) is 0 Å². The molecule has 1 saturated heterocycles. The molecule has 0 saturated carbocycles. The SMILES string of the molecule is CCNCC1CCN(C(=O)CCc2ccccc2C)CC1. The first-order chi connectivity index (χ1) is 10.2. The maximum absolute atomic E-state index is 12.3. The number of rotatable bonds is 6. The molecule has 1 heterocycles. The maximum Gasteiger partial charge on any atom is 0.222 e. The largest absolute Gasteiger partial charge is 0.343 e. The third-order valence-electron chi connectivity index (χ3n) is 4.52. The van der Waals surface area contributed by atoms with Crippen molar-refractivity contribution in [2.75, 3.05) is 26.2 Å². The zero-order valence-corrected chi connectivity index (χ0v) is 13.4. The number of carbonyl (C=O) groups is 1. The van der Waals surface area contributed by atoms with Crippen LogP contribution in [0.5, 0.6) is 0 Å². The van der Waals surface area contributed by atoms with Crippen LogP contribution in [0.1, 0.15) is 37.3 Å². The van der Waals surface area contributed by atoms with Crippen molar-refractivity contribution < 1.29 is 4.79 Å². The standard InChI is InChI=1S/C18H28N2O/c1-3-19-14-16-10-12-20(13-11-16)18(21)9-8-17-7-5-4-6-15(17)2/h4-7,16,19H,3,8-14H2,1-2H3. The molecule has 1 aliphatic heterocycles. The molecule has 0 spiro atoms. The van der Waals surface area contributed by atoms with E-state index in [4.69, 9.17) is 0 Å². The number of hydrogen-bond donors (Lipinski definition) is 1. The second-order valence-electron chi connectivity index (χ2n) is 6.06. The highest BCUT2D eigenvalue weighted by molar-refractivity contribution is 5.76. The minimum absolute atomic E-state index is 0.320. The number of likely N-dealkylation sites (tertiary alicyclic amines) is 1. The quantitative estimate of drug-likeness (QED) is 0.873. The molecule has 21 heavy (non-hydrogen) atoms. The summed E-state index contributed by atoms with van der Waals surface area (Å²) in [6, 6.07) is 8.35. The number of piperidine rings is 1. The predicted molar refractivity (Wildman–Crippen MR) is 87.3 cm³/mol. The van der Waals surface area contributed by atoms with E-state index in [1.54, 1.807) is 0 Å². The Morgan fingerprint density at radius 3 is 2.67 bits per heavy atom. The Labute approximate surface area is 128 Å². The van der Waals surface area contributed by atoms with Crippen LogP contribution in [0.4, 0.5) is 0 Å². The van der Waals surface area contributed by atoms with Crippen LogP contribution >= 0.6 is 0 Å². The number of benzene rings is 1. The van der Waals surface area contributed by atoms with Crippen LogP contribution in [0.3, 0.4) is 0 Å². The molecule has 3 nitrogen and oxygen atoms in total. The smallest absolute Gasteiger partial charge is 0.222 e. The number of hydrogen-bond acceptors (Lipinski definition) is 2. The van der Waals surface area contributed by atoms with Gasteiger partial charge in [-0.3, -0.25) is 4.79 Å². The number of aryl methyl sites for hydroxylation is 2. The fraction of sp³-hybridized carbons (Fsp3) is 0.611. The molecule has 0 aliphatic carbocycles. The average molecular weight is 288 g/mol. The van der Waals surface area contributed by atoms with Crippen molar-refractivity contribution in [2.45, 2.75) is 39.5 Å². The Morgan fingerprint density at radius 2 is 2.00 bits per heavy atom. The summed E-state index contributed by atoms with van der Waals surface area (Å²) >= 11 is 0. The van der Waals surface area contributed by atoms with Crippen LogP contribution in [0.25, 0.3) is 0 Å². The molecule has 0 unspecified atom stereocenters. The Hall–Kier alpha value is -1.35. The van der Waals surface area contributed by atoms with Crippen LogP contribution in [-0.2, 0) is 11.2 Å². The summed E-state index contributed by atoms with van der Waals surface area (Å²) in [5.74, 6) is 1.06. The first-order valence-electron chi connectivity index (χ1n) is 8.23. The summed E-state index contributed by atoms with van der Waals surface area (Å²) in [7, 11) is 0. The summed E-state index contributed by atoms with van der Waals surface area (Å²) in [4.78, 5) is 14.4. The molecular weight excluding hydrogens is 260 g/mol. The number of carbonyl (C=O) groups excluding carboxylic acids is 1. The summed E-state index contributed by atoms with van der Waals surface area (Å²) in [5, 5.41) is 3.41. The molecule has 2 rings (SSSR count). The fourth-order valence-electron chi connectivity index (χ4n) is 3.03. The monoisotopic (exact) mass is 288 g/mol. The van der Waals surface area contributed by atoms with Gasteiger partial charge in [-0.2, -0.15) is 0 Å². The molecule has 0 radical (unpaired) electrons. The molecule has 1 N–H and O–H groups in total. The summed E-state index contributed by atoms with van der Waals surface area (Å²) in [6.45, 7) is 8.26. The van der Waals surface area contributed by atoms with Crippen LogP contribution in [-0.4, -0.2) is 37.0 Å². The van der Waals surface area contributed by atoms with E-state index in [0.717, 1.165) is 51.4 Å². The maximum atomic E-state index is 12.3.